The molecule has 1 fully saturated rings. The Morgan fingerprint density at radius 3 is 2.38 bits per heavy atom. The van der Waals surface area contributed by atoms with Gasteiger partial charge in [-0.2, -0.15) is 0 Å². The van der Waals surface area contributed by atoms with E-state index in [-0.39, 0.29) is 12.0 Å². The van der Waals surface area contributed by atoms with Crippen LogP contribution in [0.1, 0.15) is 37.8 Å². The van der Waals surface area contributed by atoms with Gasteiger partial charge in [-0.1, -0.05) is 67.6 Å². The molecule has 1 saturated heterocycles. The van der Waals surface area contributed by atoms with Gasteiger partial charge < -0.3 is 4.74 Å². The summed E-state index contributed by atoms with van der Waals surface area (Å²) in [7, 11) is 0. The molecule has 1 heterocycles. The minimum Gasteiger partial charge on any atom is -0.452 e. The molecule has 3 heteroatoms. The molecule has 0 spiro atoms. The van der Waals surface area contributed by atoms with E-state index >= 15 is 0 Å². The van der Waals surface area contributed by atoms with Crippen LogP contribution in [0.3, 0.4) is 0 Å². The first-order valence-electron chi connectivity index (χ1n) is 8.71. The van der Waals surface area contributed by atoms with E-state index in [1.54, 1.807) is 0 Å². The number of ether oxygens (including phenoxy) is 1. The predicted octanol–water partition coefficient (Wildman–Crippen LogP) is 4.13. The summed E-state index contributed by atoms with van der Waals surface area (Å²) in [5.74, 6) is -0.132. The quantitative estimate of drug-likeness (QED) is 0.775. The molecule has 0 N–H and O–H groups in total. The molecule has 0 radical (unpaired) electrons. The van der Waals surface area contributed by atoms with Gasteiger partial charge >= 0.3 is 5.97 Å². The zero-order valence-electron chi connectivity index (χ0n) is 14.4. The van der Waals surface area contributed by atoms with E-state index in [9.17, 15) is 4.79 Å². The lowest BCUT2D eigenvalue weighted by Gasteiger charge is -2.36. The Labute approximate surface area is 144 Å². The lowest BCUT2D eigenvalue weighted by Crippen LogP contribution is -2.43. The summed E-state index contributed by atoms with van der Waals surface area (Å²) in [6.07, 6.45) is 1.23. The molecular formula is C21H25NO2. The first kappa shape index (κ1) is 16.7. The fraction of sp³-hybridized carbons (Fsp3) is 0.381. The number of esters is 1. The smallest absolute Gasteiger partial charge is 0.306 e. The molecule has 2 aromatic rings. The van der Waals surface area contributed by atoms with Crippen LogP contribution in [0, 0.1) is 0 Å². The van der Waals surface area contributed by atoms with Crippen LogP contribution in [0.15, 0.2) is 60.7 Å². The highest BCUT2D eigenvalue weighted by molar-refractivity contribution is 5.70. The summed E-state index contributed by atoms with van der Waals surface area (Å²) in [5, 5.41) is 0. The van der Waals surface area contributed by atoms with E-state index in [0.717, 1.165) is 25.1 Å². The highest BCUT2D eigenvalue weighted by atomic mass is 16.6. The first-order chi connectivity index (χ1) is 11.7. The minimum absolute atomic E-state index is 0.132. The van der Waals surface area contributed by atoms with E-state index in [0.29, 0.717) is 6.42 Å². The number of benzene rings is 2. The zero-order chi connectivity index (χ0) is 17.0. The Morgan fingerprint density at radius 2 is 1.75 bits per heavy atom. The Balaban J connectivity index is 1.88. The second-order valence-corrected chi connectivity index (χ2v) is 6.47. The van der Waals surface area contributed by atoms with Crippen molar-refractivity contribution >= 4 is 5.97 Å². The molecule has 2 aromatic carbocycles. The largest absolute Gasteiger partial charge is 0.452 e. The molecule has 1 aliphatic rings. The maximum atomic E-state index is 12.1. The fourth-order valence-electron chi connectivity index (χ4n) is 3.62. The summed E-state index contributed by atoms with van der Waals surface area (Å²) < 4.78 is 6.03. The second-order valence-electron chi connectivity index (χ2n) is 6.47. The number of carbonyl (C=O) groups excluding carboxylic acids is 1. The standard InChI is InChI=1S/C21H25NO2/c1-3-20(23)24-21(19-12-8-5-9-13-19)14-15-22(17(21)2)16-18-10-6-4-7-11-18/h4-13,17H,3,14-16H2,1-2H3. The van der Waals surface area contributed by atoms with Gasteiger partial charge in [0.1, 0.15) is 0 Å². The summed E-state index contributed by atoms with van der Waals surface area (Å²) in [6.45, 7) is 5.82. The lowest BCUT2D eigenvalue weighted by atomic mass is 9.86. The molecule has 126 valence electrons. The lowest BCUT2D eigenvalue weighted by molar-refractivity contribution is -0.163. The summed E-state index contributed by atoms with van der Waals surface area (Å²) >= 11 is 0. The first-order valence-corrected chi connectivity index (χ1v) is 8.71. The molecule has 3 rings (SSSR count). The van der Waals surface area contributed by atoms with Gasteiger partial charge in [0.05, 0.1) is 6.04 Å². The molecule has 0 saturated carbocycles. The summed E-state index contributed by atoms with van der Waals surface area (Å²) in [5.41, 5.74) is 1.83. The van der Waals surface area contributed by atoms with Crippen LogP contribution in [-0.2, 0) is 21.7 Å². The van der Waals surface area contributed by atoms with Crippen molar-refractivity contribution in [2.45, 2.75) is 44.9 Å². The molecule has 3 nitrogen and oxygen atoms in total. The predicted molar refractivity (Wildman–Crippen MR) is 95.4 cm³/mol. The van der Waals surface area contributed by atoms with E-state index in [1.165, 1.54) is 5.56 Å². The Kier molecular flexibility index (Phi) is 5.00. The van der Waals surface area contributed by atoms with E-state index in [1.807, 2.05) is 31.2 Å². The van der Waals surface area contributed by atoms with Crippen molar-refractivity contribution in [1.29, 1.82) is 0 Å². The Bertz CT molecular complexity index is 671. The van der Waals surface area contributed by atoms with Gasteiger partial charge in [0.15, 0.2) is 5.60 Å². The van der Waals surface area contributed by atoms with Gasteiger partial charge in [0.2, 0.25) is 0 Å². The molecule has 0 bridgehead atoms. The third-order valence-electron chi connectivity index (χ3n) is 5.07. The van der Waals surface area contributed by atoms with Crippen LogP contribution in [0.5, 0.6) is 0 Å². The van der Waals surface area contributed by atoms with Gasteiger partial charge in [-0.25, -0.2) is 0 Å². The summed E-state index contributed by atoms with van der Waals surface area (Å²) in [6, 6.07) is 20.8. The van der Waals surface area contributed by atoms with Crippen LogP contribution in [0.4, 0.5) is 0 Å². The topological polar surface area (TPSA) is 29.5 Å². The number of likely N-dealkylation sites (tertiary alicyclic amines) is 1. The van der Waals surface area contributed by atoms with Crippen molar-refractivity contribution in [3.8, 4) is 0 Å². The highest BCUT2D eigenvalue weighted by Gasteiger charge is 2.49. The second kappa shape index (κ2) is 7.18. The zero-order valence-corrected chi connectivity index (χ0v) is 14.4. The number of hydrogen-bond donors (Lipinski definition) is 0. The van der Waals surface area contributed by atoms with Crippen LogP contribution in [-0.4, -0.2) is 23.5 Å². The molecule has 0 aromatic heterocycles. The maximum Gasteiger partial charge on any atom is 0.306 e. The number of rotatable bonds is 5. The van der Waals surface area contributed by atoms with Gasteiger partial charge in [-0.15, -0.1) is 0 Å². The monoisotopic (exact) mass is 323 g/mol. The van der Waals surface area contributed by atoms with Crippen molar-refractivity contribution in [2.75, 3.05) is 6.54 Å². The van der Waals surface area contributed by atoms with Crippen LogP contribution >= 0.6 is 0 Å². The van der Waals surface area contributed by atoms with E-state index in [4.69, 9.17) is 4.74 Å². The summed E-state index contributed by atoms with van der Waals surface area (Å²) in [4.78, 5) is 14.5. The van der Waals surface area contributed by atoms with Crippen molar-refractivity contribution in [1.82, 2.24) is 4.90 Å². The molecule has 2 unspecified atom stereocenters. The van der Waals surface area contributed by atoms with Gasteiger partial charge in [-0.3, -0.25) is 9.69 Å². The van der Waals surface area contributed by atoms with E-state index < -0.39 is 5.60 Å². The van der Waals surface area contributed by atoms with Gasteiger partial charge in [0.25, 0.3) is 0 Å². The third kappa shape index (κ3) is 3.22. The Hall–Kier alpha value is -2.13. The number of carbonyl (C=O) groups is 1. The normalized spacial score (nSPS) is 24.0. The average Bonchev–Trinajstić information content (AvgIpc) is 2.94. The average molecular weight is 323 g/mol. The van der Waals surface area contributed by atoms with Crippen molar-refractivity contribution in [3.05, 3.63) is 71.8 Å². The number of nitrogens with zero attached hydrogens (tertiary/aromatic N) is 1. The highest BCUT2D eigenvalue weighted by Crippen LogP contribution is 2.42. The molecule has 24 heavy (non-hydrogen) atoms. The molecule has 2 atom stereocenters. The molecule has 0 aliphatic carbocycles. The maximum absolute atomic E-state index is 12.1. The van der Waals surface area contributed by atoms with Crippen LogP contribution in [0.2, 0.25) is 0 Å². The van der Waals surface area contributed by atoms with Gasteiger partial charge in [-0.05, 0) is 18.1 Å². The van der Waals surface area contributed by atoms with Crippen molar-refractivity contribution in [3.63, 3.8) is 0 Å². The third-order valence-corrected chi connectivity index (χ3v) is 5.07. The van der Waals surface area contributed by atoms with E-state index in [2.05, 4.69) is 48.2 Å². The minimum atomic E-state index is -0.552. The molecule has 0 amide bonds. The Morgan fingerprint density at radius 1 is 1.12 bits per heavy atom. The number of hydrogen-bond acceptors (Lipinski definition) is 3. The van der Waals surface area contributed by atoms with Crippen molar-refractivity contribution in [2.24, 2.45) is 0 Å². The SMILES string of the molecule is CCC(=O)OC1(c2ccccc2)CCN(Cc2ccccc2)C1C. The van der Waals surface area contributed by atoms with Crippen molar-refractivity contribution < 1.29 is 9.53 Å². The van der Waals surface area contributed by atoms with Crippen LogP contribution in [0.25, 0.3) is 0 Å². The van der Waals surface area contributed by atoms with Gasteiger partial charge in [0, 0.05) is 25.9 Å². The van der Waals surface area contributed by atoms with Crippen LogP contribution < -0.4 is 0 Å². The fourth-order valence-corrected chi connectivity index (χ4v) is 3.62. The molecule has 1 aliphatic heterocycles. The molecular weight excluding hydrogens is 298 g/mol.